The standard InChI is InChI=1S/C15H14O5/c1-3-19-13(16)10-7-11-5-8-12(9-6-11)14(17)15(18)20-4-2/h5-6,8-9H,3-4H2,1-2H3. The third-order valence-electron chi connectivity index (χ3n) is 2.19. The summed E-state index contributed by atoms with van der Waals surface area (Å²) in [5.41, 5.74) is 0.753. The second kappa shape index (κ2) is 7.74. The molecule has 0 amide bonds. The van der Waals surface area contributed by atoms with Crippen molar-refractivity contribution in [3.05, 3.63) is 35.4 Å². The Hall–Kier alpha value is -2.61. The fraction of sp³-hybridized carbons (Fsp3) is 0.267. The monoisotopic (exact) mass is 274 g/mol. The molecule has 20 heavy (non-hydrogen) atoms. The predicted molar refractivity (Wildman–Crippen MR) is 70.9 cm³/mol. The summed E-state index contributed by atoms with van der Waals surface area (Å²) in [5, 5.41) is 0. The molecule has 0 fully saturated rings. The Labute approximate surface area is 116 Å². The summed E-state index contributed by atoms with van der Waals surface area (Å²) >= 11 is 0. The van der Waals surface area contributed by atoms with Gasteiger partial charge in [0.1, 0.15) is 0 Å². The predicted octanol–water partition coefficient (Wildman–Crippen LogP) is 1.35. The molecule has 0 aliphatic rings. The minimum atomic E-state index is -0.891. The van der Waals surface area contributed by atoms with Gasteiger partial charge in [0.25, 0.3) is 5.78 Å². The maximum atomic E-state index is 11.6. The molecule has 0 atom stereocenters. The van der Waals surface area contributed by atoms with Crippen molar-refractivity contribution in [3.63, 3.8) is 0 Å². The van der Waals surface area contributed by atoms with Gasteiger partial charge in [-0.3, -0.25) is 4.79 Å². The van der Waals surface area contributed by atoms with Gasteiger partial charge in [0, 0.05) is 17.0 Å². The first kappa shape index (κ1) is 15.4. The molecular formula is C15H14O5. The van der Waals surface area contributed by atoms with Gasteiger partial charge in [-0.15, -0.1) is 0 Å². The zero-order chi connectivity index (χ0) is 15.0. The van der Waals surface area contributed by atoms with Gasteiger partial charge in [-0.25, -0.2) is 9.59 Å². The second-order valence-corrected chi connectivity index (χ2v) is 3.60. The molecule has 1 aromatic carbocycles. The molecule has 0 aliphatic heterocycles. The topological polar surface area (TPSA) is 69.7 Å². The normalized spacial score (nSPS) is 9.10. The Morgan fingerprint density at radius 1 is 1.00 bits per heavy atom. The van der Waals surface area contributed by atoms with Crippen molar-refractivity contribution < 1.29 is 23.9 Å². The van der Waals surface area contributed by atoms with E-state index in [2.05, 4.69) is 21.3 Å². The van der Waals surface area contributed by atoms with E-state index in [1.54, 1.807) is 26.0 Å². The van der Waals surface area contributed by atoms with Crippen LogP contribution in [-0.4, -0.2) is 30.9 Å². The molecular weight excluding hydrogens is 260 g/mol. The van der Waals surface area contributed by atoms with E-state index in [1.807, 2.05) is 0 Å². The largest absolute Gasteiger partial charge is 0.460 e. The molecule has 0 bridgehead atoms. The molecule has 1 rings (SSSR count). The lowest BCUT2D eigenvalue weighted by atomic mass is 10.1. The van der Waals surface area contributed by atoms with Crippen molar-refractivity contribution in [2.45, 2.75) is 13.8 Å². The number of benzene rings is 1. The number of rotatable bonds is 4. The van der Waals surface area contributed by atoms with Gasteiger partial charge in [0.15, 0.2) is 0 Å². The maximum absolute atomic E-state index is 11.6. The zero-order valence-electron chi connectivity index (χ0n) is 11.3. The molecule has 104 valence electrons. The van der Waals surface area contributed by atoms with Crippen molar-refractivity contribution in [1.82, 2.24) is 0 Å². The van der Waals surface area contributed by atoms with Crippen LogP contribution in [0.5, 0.6) is 0 Å². The van der Waals surface area contributed by atoms with Gasteiger partial charge in [-0.2, -0.15) is 0 Å². The quantitative estimate of drug-likeness (QED) is 0.359. The third kappa shape index (κ3) is 4.58. The lowest BCUT2D eigenvalue weighted by Crippen LogP contribution is -2.17. The Kier molecular flexibility index (Phi) is 5.98. The van der Waals surface area contributed by atoms with E-state index in [4.69, 9.17) is 0 Å². The third-order valence-corrected chi connectivity index (χ3v) is 2.19. The van der Waals surface area contributed by atoms with Gasteiger partial charge in [0.05, 0.1) is 13.2 Å². The fourth-order valence-electron chi connectivity index (χ4n) is 1.31. The van der Waals surface area contributed by atoms with Crippen LogP contribution >= 0.6 is 0 Å². The Balaban J connectivity index is 2.76. The van der Waals surface area contributed by atoms with E-state index >= 15 is 0 Å². The minimum Gasteiger partial charge on any atom is -0.460 e. The zero-order valence-corrected chi connectivity index (χ0v) is 11.3. The molecule has 0 radical (unpaired) electrons. The van der Waals surface area contributed by atoms with Crippen LogP contribution < -0.4 is 0 Å². The van der Waals surface area contributed by atoms with Gasteiger partial charge in [-0.1, -0.05) is 5.92 Å². The van der Waals surface area contributed by atoms with Gasteiger partial charge < -0.3 is 9.47 Å². The van der Waals surface area contributed by atoms with Crippen molar-refractivity contribution in [2.24, 2.45) is 0 Å². The number of hydrogen-bond donors (Lipinski definition) is 0. The highest BCUT2D eigenvalue weighted by molar-refractivity contribution is 6.40. The highest BCUT2D eigenvalue weighted by Gasteiger charge is 2.16. The summed E-state index contributed by atoms with van der Waals surface area (Å²) < 4.78 is 9.27. The van der Waals surface area contributed by atoms with E-state index in [9.17, 15) is 14.4 Å². The fourth-order valence-corrected chi connectivity index (χ4v) is 1.31. The SMILES string of the molecule is CCOC(=O)C#Cc1ccc(C(=O)C(=O)OCC)cc1. The van der Waals surface area contributed by atoms with E-state index in [0.29, 0.717) is 5.56 Å². The Morgan fingerprint density at radius 2 is 1.60 bits per heavy atom. The van der Waals surface area contributed by atoms with Crippen LogP contribution in [0.4, 0.5) is 0 Å². The van der Waals surface area contributed by atoms with Crippen LogP contribution in [0.25, 0.3) is 0 Å². The Bertz CT molecular complexity index is 560. The number of hydrogen-bond acceptors (Lipinski definition) is 5. The molecule has 0 heterocycles. The number of carbonyl (C=O) groups excluding carboxylic acids is 3. The molecule has 5 heteroatoms. The second-order valence-electron chi connectivity index (χ2n) is 3.60. The Morgan fingerprint density at radius 3 is 2.15 bits per heavy atom. The van der Waals surface area contributed by atoms with Crippen molar-refractivity contribution in [2.75, 3.05) is 13.2 Å². The summed E-state index contributed by atoms with van der Waals surface area (Å²) in [6.45, 7) is 3.72. The molecule has 5 nitrogen and oxygen atoms in total. The first-order valence-electron chi connectivity index (χ1n) is 6.08. The summed E-state index contributed by atoms with van der Waals surface area (Å²) in [6.07, 6.45) is 0. The van der Waals surface area contributed by atoms with Gasteiger partial charge in [-0.05, 0) is 38.1 Å². The number of carbonyl (C=O) groups is 3. The molecule has 0 aromatic heterocycles. The lowest BCUT2D eigenvalue weighted by Gasteiger charge is -2.00. The lowest BCUT2D eigenvalue weighted by molar-refractivity contribution is -0.137. The number of ether oxygens (including phenoxy) is 2. The molecule has 0 aliphatic carbocycles. The first-order valence-corrected chi connectivity index (χ1v) is 6.08. The van der Waals surface area contributed by atoms with E-state index < -0.39 is 17.7 Å². The number of Topliss-reactive ketones (excluding diaryl/α,β-unsaturated/α-hetero) is 1. The molecule has 0 saturated heterocycles. The minimum absolute atomic E-state index is 0.147. The van der Waals surface area contributed by atoms with Crippen LogP contribution in [0.1, 0.15) is 29.8 Å². The summed E-state index contributed by atoms with van der Waals surface area (Å²) in [5.74, 6) is 2.69. The van der Waals surface area contributed by atoms with E-state index in [1.165, 1.54) is 12.1 Å². The highest BCUT2D eigenvalue weighted by atomic mass is 16.5. The van der Waals surface area contributed by atoms with Crippen LogP contribution in [0.15, 0.2) is 24.3 Å². The van der Waals surface area contributed by atoms with Crippen molar-refractivity contribution >= 4 is 17.7 Å². The van der Waals surface area contributed by atoms with E-state index in [-0.39, 0.29) is 18.8 Å². The van der Waals surface area contributed by atoms with Crippen LogP contribution in [0.2, 0.25) is 0 Å². The van der Waals surface area contributed by atoms with Gasteiger partial charge in [0.2, 0.25) is 0 Å². The van der Waals surface area contributed by atoms with Crippen LogP contribution in [0, 0.1) is 11.8 Å². The molecule has 0 unspecified atom stereocenters. The molecule has 1 aromatic rings. The van der Waals surface area contributed by atoms with Crippen LogP contribution in [0.3, 0.4) is 0 Å². The van der Waals surface area contributed by atoms with Crippen molar-refractivity contribution in [3.8, 4) is 11.8 Å². The van der Waals surface area contributed by atoms with E-state index in [0.717, 1.165) is 0 Å². The molecule has 0 spiro atoms. The smallest absolute Gasteiger partial charge is 0.384 e. The van der Waals surface area contributed by atoms with Gasteiger partial charge >= 0.3 is 11.9 Å². The summed E-state index contributed by atoms with van der Waals surface area (Å²) in [4.78, 5) is 33.9. The summed E-state index contributed by atoms with van der Waals surface area (Å²) in [6, 6.07) is 5.99. The summed E-state index contributed by atoms with van der Waals surface area (Å²) in [7, 11) is 0. The number of ketones is 1. The first-order chi connectivity index (χ1) is 9.58. The highest BCUT2D eigenvalue weighted by Crippen LogP contribution is 2.05. The maximum Gasteiger partial charge on any atom is 0.384 e. The average molecular weight is 274 g/mol. The molecule has 0 saturated carbocycles. The molecule has 0 N–H and O–H groups in total. The number of esters is 2. The van der Waals surface area contributed by atoms with Crippen molar-refractivity contribution in [1.29, 1.82) is 0 Å². The average Bonchev–Trinajstić information content (AvgIpc) is 2.45. The van der Waals surface area contributed by atoms with Crippen LogP contribution in [-0.2, 0) is 19.1 Å².